The molecule has 2 unspecified atom stereocenters. The first-order valence-corrected chi connectivity index (χ1v) is 13.6. The van der Waals surface area contributed by atoms with Crippen LogP contribution in [0, 0.1) is 33.8 Å². The fourth-order valence-electron chi connectivity index (χ4n) is 6.16. The van der Waals surface area contributed by atoms with Gasteiger partial charge in [0.2, 0.25) is 0 Å². The molecule has 3 aromatic rings. The average molecular weight is 590 g/mol. The Kier molecular flexibility index (Phi) is 12.8. The Morgan fingerprint density at radius 1 is 0.639 bits per heavy atom. The van der Waals surface area contributed by atoms with Gasteiger partial charge in [-0.05, 0) is 43.3 Å². The number of halogens is 3. The Morgan fingerprint density at radius 2 is 1.14 bits per heavy atom. The molecule has 0 aliphatic heterocycles. The Bertz CT molecular complexity index is 1230. The third-order valence-electron chi connectivity index (χ3n) is 7.78. The summed E-state index contributed by atoms with van der Waals surface area (Å²) in [5, 5.41) is 4.29. The van der Waals surface area contributed by atoms with Gasteiger partial charge in [0.15, 0.2) is 0 Å². The molecule has 0 spiro atoms. The molecule has 0 bridgehead atoms. The van der Waals surface area contributed by atoms with E-state index in [9.17, 15) is 0 Å². The zero-order chi connectivity index (χ0) is 23.3. The molecule has 2 atom stereocenters. The van der Waals surface area contributed by atoms with Crippen molar-refractivity contribution in [3.8, 4) is 0 Å². The van der Waals surface area contributed by atoms with Crippen molar-refractivity contribution in [2.45, 2.75) is 60.4 Å². The monoisotopic (exact) mass is 588 g/mol. The zero-order valence-corrected chi connectivity index (χ0v) is 27.3. The molecular weight excluding hydrogens is 555 g/mol. The van der Waals surface area contributed by atoms with E-state index in [1.807, 2.05) is 0 Å². The maximum Gasteiger partial charge on any atom is 4.00 e. The zero-order valence-electron chi connectivity index (χ0n) is 22.5. The second-order valence-corrected chi connectivity index (χ2v) is 14.0. The summed E-state index contributed by atoms with van der Waals surface area (Å²) < 4.78 is 0. The van der Waals surface area contributed by atoms with E-state index in [0.29, 0.717) is 0 Å². The van der Waals surface area contributed by atoms with Crippen LogP contribution in [-0.4, -0.2) is 8.07 Å². The van der Waals surface area contributed by atoms with Crippen molar-refractivity contribution >= 4 is 23.6 Å². The summed E-state index contributed by atoms with van der Waals surface area (Å²) in [4.78, 5) is 0. The molecular formula is C31H35Cl3SiTi. The van der Waals surface area contributed by atoms with Gasteiger partial charge in [-0.2, -0.15) is 11.1 Å². The van der Waals surface area contributed by atoms with Crippen molar-refractivity contribution in [1.82, 2.24) is 0 Å². The van der Waals surface area contributed by atoms with E-state index >= 15 is 0 Å². The van der Waals surface area contributed by atoms with Gasteiger partial charge in [0, 0.05) is 0 Å². The summed E-state index contributed by atoms with van der Waals surface area (Å²) in [7, 11) is -2.60. The van der Waals surface area contributed by atoms with E-state index in [1.165, 1.54) is 54.5 Å². The number of rotatable bonds is 4. The maximum atomic E-state index is 4.06. The van der Waals surface area contributed by atoms with E-state index in [4.69, 9.17) is 0 Å². The minimum absolute atomic E-state index is 0. The summed E-state index contributed by atoms with van der Waals surface area (Å²) in [6, 6.07) is 25.4. The predicted molar refractivity (Wildman–Crippen MR) is 142 cm³/mol. The van der Waals surface area contributed by atoms with E-state index in [0.717, 1.165) is 0 Å². The molecule has 36 heavy (non-hydrogen) atoms. The third-order valence-corrected chi connectivity index (χ3v) is 13.7. The minimum atomic E-state index is -2.60. The normalized spacial score (nSPS) is 18.1. The van der Waals surface area contributed by atoms with Crippen LogP contribution in [0.25, 0.3) is 0 Å². The van der Waals surface area contributed by atoms with Crippen molar-refractivity contribution in [3.05, 3.63) is 112 Å². The topological polar surface area (TPSA) is 0 Å². The van der Waals surface area contributed by atoms with Crippen LogP contribution < -0.4 is 52.8 Å². The molecule has 3 aromatic carbocycles. The third kappa shape index (κ3) is 5.39. The van der Waals surface area contributed by atoms with Crippen LogP contribution in [0.15, 0.2) is 83.4 Å². The van der Waals surface area contributed by atoms with Crippen LogP contribution >= 0.6 is 0 Å². The van der Waals surface area contributed by atoms with Crippen LogP contribution in [0.2, 0.25) is 5.04 Å². The summed E-state index contributed by atoms with van der Waals surface area (Å²) in [6.07, 6.45) is 4.06. The van der Waals surface area contributed by atoms with Crippen LogP contribution in [0.5, 0.6) is 0 Å². The molecule has 0 amide bonds. The summed E-state index contributed by atoms with van der Waals surface area (Å²) in [5.74, 6) is 0. The van der Waals surface area contributed by atoms with Crippen molar-refractivity contribution in [1.29, 1.82) is 0 Å². The van der Waals surface area contributed by atoms with Gasteiger partial charge in [-0.1, -0.05) is 115 Å². The largest absolute Gasteiger partial charge is 4.00 e. The molecule has 0 radical (unpaired) electrons. The predicted octanol–water partition coefficient (Wildman–Crippen LogP) is -2.74. The van der Waals surface area contributed by atoms with Crippen molar-refractivity contribution in [3.63, 3.8) is 0 Å². The van der Waals surface area contributed by atoms with Gasteiger partial charge in [-0.25, -0.2) is 5.57 Å². The second-order valence-electron chi connectivity index (χ2n) is 9.88. The SMILES string of the molecule is CC1=[C-]C(C)([Si](c2ccccc2)(c2cc(C)cc(C)c2)c2c(C)cccc2C)C(C)=C1C.[Cl-].[Cl-].[Cl-].[Ti+4]. The van der Waals surface area contributed by atoms with E-state index in [1.54, 1.807) is 0 Å². The standard InChI is InChI=1S/C31H35Si.3ClH.Ti/c1-21-17-22(2)19-29(18-21)32(28-15-10-9-11-16-28,30-23(3)13-12-14-24(30)4)31(8)20-25(5)26(6)27(31)7;;;;/h9-19H,1-8H3;3*1H;/q-1;;;;+4/p-3. The fraction of sp³-hybridized carbons (Fsp3) is 0.290. The molecule has 1 aliphatic carbocycles. The number of hydrogen-bond donors (Lipinski definition) is 0. The van der Waals surface area contributed by atoms with E-state index in [2.05, 4.69) is 128 Å². The molecule has 4 rings (SSSR count). The molecule has 1 aliphatic rings. The van der Waals surface area contributed by atoms with Gasteiger partial charge in [0.1, 0.15) is 8.07 Å². The van der Waals surface area contributed by atoms with Gasteiger partial charge in [-0.15, -0.1) is 6.92 Å². The van der Waals surface area contributed by atoms with Gasteiger partial charge in [0.05, 0.1) is 0 Å². The molecule has 188 valence electrons. The molecule has 0 saturated heterocycles. The smallest absolute Gasteiger partial charge is 1.00 e. The number of aryl methyl sites for hydroxylation is 4. The first kappa shape index (κ1) is 34.9. The first-order chi connectivity index (χ1) is 15.1. The van der Waals surface area contributed by atoms with Gasteiger partial charge in [-0.3, -0.25) is 6.08 Å². The van der Waals surface area contributed by atoms with Crippen LogP contribution in [-0.2, 0) is 21.7 Å². The number of benzene rings is 3. The molecule has 5 heteroatoms. The summed E-state index contributed by atoms with van der Waals surface area (Å²) in [5.41, 5.74) is 9.60. The van der Waals surface area contributed by atoms with Gasteiger partial charge in [0.25, 0.3) is 0 Å². The molecule has 0 nitrogen and oxygen atoms in total. The minimum Gasteiger partial charge on any atom is -1.00 e. The van der Waals surface area contributed by atoms with Crippen LogP contribution in [0.1, 0.15) is 49.9 Å². The molecule has 0 aromatic heterocycles. The van der Waals surface area contributed by atoms with E-state index in [-0.39, 0.29) is 64.0 Å². The Hall–Kier alpha value is -1.06. The number of allylic oxidation sites excluding steroid dienone is 4. The number of hydrogen-bond acceptors (Lipinski definition) is 0. The first-order valence-electron chi connectivity index (χ1n) is 11.6. The summed E-state index contributed by atoms with van der Waals surface area (Å²) in [6.45, 7) is 18.4. The Morgan fingerprint density at radius 3 is 1.58 bits per heavy atom. The van der Waals surface area contributed by atoms with Crippen molar-refractivity contribution in [2.24, 2.45) is 0 Å². The van der Waals surface area contributed by atoms with Gasteiger partial charge < -0.3 is 37.2 Å². The Labute approximate surface area is 253 Å². The van der Waals surface area contributed by atoms with Crippen LogP contribution in [0.3, 0.4) is 0 Å². The van der Waals surface area contributed by atoms with Gasteiger partial charge >= 0.3 is 21.7 Å². The fourth-order valence-corrected chi connectivity index (χ4v) is 12.8. The molecule has 0 saturated carbocycles. The second kappa shape index (κ2) is 13.1. The van der Waals surface area contributed by atoms with E-state index < -0.39 is 8.07 Å². The molecule has 0 heterocycles. The molecule has 0 N–H and O–H groups in total. The average Bonchev–Trinajstić information content (AvgIpc) is 2.94. The quantitative estimate of drug-likeness (QED) is 0.176. The summed E-state index contributed by atoms with van der Waals surface area (Å²) >= 11 is 0. The Balaban J connectivity index is 0.00000306. The van der Waals surface area contributed by atoms with Crippen LogP contribution in [0.4, 0.5) is 0 Å². The van der Waals surface area contributed by atoms with Crippen molar-refractivity contribution in [2.75, 3.05) is 0 Å². The van der Waals surface area contributed by atoms with Crippen molar-refractivity contribution < 1.29 is 58.9 Å². The molecule has 0 fully saturated rings. The maximum absolute atomic E-state index is 4.06.